The molecule has 42 heavy (non-hydrogen) atoms. The van der Waals surface area contributed by atoms with Crippen LogP contribution in [-0.4, -0.2) is 72.4 Å². The summed E-state index contributed by atoms with van der Waals surface area (Å²) in [6, 6.07) is 8.76. The molecule has 6 N–H and O–H groups in total. The van der Waals surface area contributed by atoms with E-state index in [9.17, 15) is 45.0 Å². The fourth-order valence-corrected chi connectivity index (χ4v) is 6.35. The number of phenols is 4. The summed E-state index contributed by atoms with van der Waals surface area (Å²) in [4.78, 5) is 38.8. The second kappa shape index (κ2) is 8.71. The number of ether oxygens (including phenoxy) is 3. The third-order valence-electron chi connectivity index (χ3n) is 8.25. The van der Waals surface area contributed by atoms with Gasteiger partial charge in [0.25, 0.3) is 0 Å². The summed E-state index contributed by atoms with van der Waals surface area (Å²) >= 11 is 0. The molecule has 0 saturated heterocycles. The van der Waals surface area contributed by atoms with Crippen molar-refractivity contribution in [1.82, 2.24) is 0 Å². The molecule has 0 radical (unpaired) electrons. The van der Waals surface area contributed by atoms with Crippen molar-refractivity contribution in [2.75, 3.05) is 0 Å². The van der Waals surface area contributed by atoms with Crippen molar-refractivity contribution >= 4 is 17.3 Å². The summed E-state index contributed by atoms with van der Waals surface area (Å²) in [6.45, 7) is 0. The van der Waals surface area contributed by atoms with E-state index in [-0.39, 0.29) is 57.6 Å². The van der Waals surface area contributed by atoms with Gasteiger partial charge in [0.05, 0.1) is 5.41 Å². The van der Waals surface area contributed by atoms with Gasteiger partial charge in [0.1, 0.15) is 63.6 Å². The van der Waals surface area contributed by atoms with Gasteiger partial charge in [-0.2, -0.15) is 0 Å². The molecule has 0 amide bonds. The van der Waals surface area contributed by atoms with Gasteiger partial charge in [-0.05, 0) is 23.8 Å². The maximum atomic E-state index is 13.3. The van der Waals surface area contributed by atoms with Gasteiger partial charge in [0.15, 0.2) is 24.1 Å². The van der Waals surface area contributed by atoms with Crippen molar-refractivity contribution in [3.63, 3.8) is 0 Å². The van der Waals surface area contributed by atoms with Crippen molar-refractivity contribution in [3.8, 4) is 40.2 Å². The van der Waals surface area contributed by atoms with Crippen LogP contribution in [0.5, 0.6) is 40.2 Å². The van der Waals surface area contributed by atoms with Crippen LogP contribution in [0.2, 0.25) is 0 Å². The first kappa shape index (κ1) is 25.9. The molecule has 0 fully saturated rings. The zero-order valence-corrected chi connectivity index (χ0v) is 21.4. The number of hydrogen-bond acceptors (Lipinski definition) is 12. The van der Waals surface area contributed by atoms with Gasteiger partial charge >= 0.3 is 0 Å². The normalized spacial score (nSPS) is 29.0. The van der Waals surface area contributed by atoms with E-state index in [1.165, 1.54) is 24.3 Å². The van der Waals surface area contributed by atoms with E-state index in [2.05, 4.69) is 0 Å². The standard InChI is InChI=1S/C30H22O12/c31-12-3-4-30(29-27(39)25(37)23-17(35)7-14(33)9-20(23)42-29)15-5-11(1-2-18(15)40-21(30)10-12)28-26(38)24(36)22-16(34)6-13(32)8-19(22)41-28/h1-9,21,26-29,32-35,38-39H,10H2. The molecule has 0 bridgehead atoms. The van der Waals surface area contributed by atoms with Gasteiger partial charge in [-0.1, -0.05) is 12.1 Å². The summed E-state index contributed by atoms with van der Waals surface area (Å²) in [5.41, 5.74) is -1.43. The van der Waals surface area contributed by atoms with Crippen molar-refractivity contribution in [1.29, 1.82) is 0 Å². The van der Waals surface area contributed by atoms with Gasteiger partial charge in [0.2, 0.25) is 11.6 Å². The van der Waals surface area contributed by atoms with Crippen molar-refractivity contribution in [3.05, 3.63) is 76.9 Å². The molecule has 4 aliphatic rings. The lowest BCUT2D eigenvalue weighted by Gasteiger charge is -2.44. The number of rotatable bonds is 2. The number of fused-ring (bicyclic) bond motifs is 5. The highest BCUT2D eigenvalue weighted by Gasteiger charge is 2.60. The summed E-state index contributed by atoms with van der Waals surface area (Å²) in [7, 11) is 0. The Morgan fingerprint density at radius 1 is 0.714 bits per heavy atom. The lowest BCUT2D eigenvalue weighted by molar-refractivity contribution is -0.118. The average molecular weight is 574 g/mol. The average Bonchev–Trinajstić information content (AvgIpc) is 3.25. The number of allylic oxidation sites excluding steroid dienone is 1. The first-order valence-electron chi connectivity index (χ1n) is 12.9. The minimum absolute atomic E-state index is 0.133. The fraction of sp³-hybridized carbons (Fsp3) is 0.233. The van der Waals surface area contributed by atoms with E-state index < -0.39 is 59.0 Å². The first-order chi connectivity index (χ1) is 20.0. The monoisotopic (exact) mass is 574 g/mol. The van der Waals surface area contributed by atoms with Crippen LogP contribution in [0.1, 0.15) is 44.4 Å². The van der Waals surface area contributed by atoms with Crippen LogP contribution in [0.15, 0.2) is 54.6 Å². The predicted molar refractivity (Wildman–Crippen MR) is 139 cm³/mol. The number of Topliss-reactive ketones (excluding diaryl/α,β-unsaturated/α-hetero) is 2. The molecule has 12 heteroatoms. The summed E-state index contributed by atoms with van der Waals surface area (Å²) in [6.07, 6.45) is -4.58. The Hall–Kier alpha value is -5.07. The number of aromatic hydroxyl groups is 4. The quantitative estimate of drug-likeness (QED) is 0.259. The van der Waals surface area contributed by atoms with Crippen LogP contribution in [0.3, 0.4) is 0 Å². The Balaban J connectivity index is 1.36. The molecule has 3 aliphatic heterocycles. The Morgan fingerprint density at radius 3 is 2.00 bits per heavy atom. The number of benzene rings is 3. The van der Waals surface area contributed by atoms with E-state index in [1.54, 1.807) is 6.07 Å². The van der Waals surface area contributed by atoms with E-state index in [1.807, 2.05) is 0 Å². The van der Waals surface area contributed by atoms with Crippen molar-refractivity contribution in [2.24, 2.45) is 0 Å². The second-order valence-corrected chi connectivity index (χ2v) is 10.7. The lowest BCUT2D eigenvalue weighted by Crippen LogP contribution is -2.59. The minimum atomic E-state index is -1.83. The summed E-state index contributed by atoms with van der Waals surface area (Å²) in [5, 5.41) is 62.5. The number of carbonyl (C=O) groups excluding carboxylic acids is 3. The molecule has 3 heterocycles. The maximum Gasteiger partial charge on any atom is 0.202 e. The van der Waals surface area contributed by atoms with Crippen LogP contribution in [0.4, 0.5) is 0 Å². The molecule has 7 rings (SSSR count). The number of hydrogen-bond donors (Lipinski definition) is 6. The Labute approximate surface area is 236 Å². The van der Waals surface area contributed by atoms with E-state index in [4.69, 9.17) is 14.2 Å². The van der Waals surface area contributed by atoms with Crippen LogP contribution >= 0.6 is 0 Å². The fourth-order valence-electron chi connectivity index (χ4n) is 6.35. The SMILES string of the molecule is O=C1C=CC2(C3Oc4cc(O)cc(O)c4C(=O)C3O)c3cc(C4Oc5cc(O)cc(O)c5C(=O)C4O)ccc3OC2C1. The zero-order chi connectivity index (χ0) is 29.7. The van der Waals surface area contributed by atoms with Gasteiger partial charge < -0.3 is 44.8 Å². The van der Waals surface area contributed by atoms with Crippen LogP contribution in [-0.2, 0) is 10.2 Å². The van der Waals surface area contributed by atoms with Crippen molar-refractivity contribution < 1.29 is 59.2 Å². The highest BCUT2D eigenvalue weighted by molar-refractivity contribution is 6.06. The number of ketones is 3. The van der Waals surface area contributed by atoms with Crippen molar-refractivity contribution in [2.45, 2.75) is 42.4 Å². The Morgan fingerprint density at radius 2 is 1.33 bits per heavy atom. The molecule has 12 nitrogen and oxygen atoms in total. The number of phenolic OH excluding ortho intramolecular Hbond substituents is 4. The van der Waals surface area contributed by atoms with Gasteiger partial charge in [0, 0.05) is 36.2 Å². The van der Waals surface area contributed by atoms with Gasteiger partial charge in [-0.25, -0.2) is 0 Å². The van der Waals surface area contributed by atoms with Gasteiger partial charge in [-0.3, -0.25) is 14.4 Å². The number of aliphatic hydroxyl groups is 2. The molecular weight excluding hydrogens is 552 g/mol. The third kappa shape index (κ3) is 3.45. The highest BCUT2D eigenvalue weighted by atomic mass is 16.5. The molecule has 6 unspecified atom stereocenters. The van der Waals surface area contributed by atoms with Crippen LogP contribution in [0, 0.1) is 0 Å². The number of aliphatic hydroxyl groups excluding tert-OH is 2. The molecule has 6 atom stereocenters. The number of carbonyl (C=O) groups is 3. The Bertz CT molecular complexity index is 1760. The molecule has 0 saturated carbocycles. The molecular formula is C30H22O12. The maximum absolute atomic E-state index is 13.3. The van der Waals surface area contributed by atoms with Crippen LogP contribution in [0.25, 0.3) is 0 Å². The van der Waals surface area contributed by atoms with Crippen LogP contribution < -0.4 is 14.2 Å². The molecule has 3 aromatic carbocycles. The van der Waals surface area contributed by atoms with E-state index >= 15 is 0 Å². The molecule has 0 aromatic heterocycles. The zero-order valence-electron chi connectivity index (χ0n) is 21.4. The third-order valence-corrected chi connectivity index (χ3v) is 8.25. The molecule has 214 valence electrons. The summed E-state index contributed by atoms with van der Waals surface area (Å²) < 4.78 is 18.1. The molecule has 0 spiro atoms. The van der Waals surface area contributed by atoms with E-state index in [0.29, 0.717) is 5.56 Å². The largest absolute Gasteiger partial charge is 0.508 e. The highest BCUT2D eigenvalue weighted by Crippen LogP contribution is 2.54. The minimum Gasteiger partial charge on any atom is -0.508 e. The predicted octanol–water partition coefficient (Wildman–Crippen LogP) is 1.72. The molecule has 1 aliphatic carbocycles. The van der Waals surface area contributed by atoms with Gasteiger partial charge in [-0.15, -0.1) is 0 Å². The van der Waals surface area contributed by atoms with E-state index in [0.717, 1.165) is 24.3 Å². The molecule has 3 aromatic rings. The Kier molecular flexibility index (Phi) is 5.37. The summed E-state index contributed by atoms with van der Waals surface area (Å²) in [5.74, 6) is -3.89. The first-order valence-corrected chi connectivity index (χ1v) is 12.9. The lowest BCUT2D eigenvalue weighted by atomic mass is 9.65. The smallest absolute Gasteiger partial charge is 0.202 e. The second-order valence-electron chi connectivity index (χ2n) is 10.7. The topological polar surface area (TPSA) is 200 Å².